The summed E-state index contributed by atoms with van der Waals surface area (Å²) in [6.07, 6.45) is 1.18. The maximum Gasteiger partial charge on any atom is 0.138 e. The molecule has 1 aliphatic heterocycles. The van der Waals surface area contributed by atoms with E-state index >= 15 is 0 Å². The molecule has 0 bridgehead atoms. The van der Waals surface area contributed by atoms with Crippen molar-refractivity contribution in [3.8, 4) is 11.8 Å². The fraction of sp³-hybridized carbons (Fsp3) is 0.364. The quantitative estimate of drug-likeness (QED) is 0.892. The predicted molar refractivity (Wildman–Crippen MR) is 60.8 cm³/mol. The van der Waals surface area contributed by atoms with Gasteiger partial charge < -0.3 is 10.1 Å². The molecule has 0 spiro atoms. The van der Waals surface area contributed by atoms with Crippen molar-refractivity contribution in [2.24, 2.45) is 0 Å². The van der Waals surface area contributed by atoms with E-state index in [0.717, 1.165) is 24.0 Å². The molecule has 0 saturated carbocycles. The SMILES string of the molecule is N#Cc1c(Br)cccc1OC1CCNC1. The summed E-state index contributed by atoms with van der Waals surface area (Å²) in [7, 11) is 0. The molecule has 1 aromatic rings. The summed E-state index contributed by atoms with van der Waals surface area (Å²) in [6.45, 7) is 1.85. The standard InChI is InChI=1S/C11H11BrN2O/c12-10-2-1-3-11(9(10)6-13)15-8-4-5-14-7-8/h1-3,8,14H,4-5,7H2. The molecule has 1 N–H and O–H groups in total. The lowest BCUT2D eigenvalue weighted by Gasteiger charge is -2.13. The van der Waals surface area contributed by atoms with Crippen LogP contribution in [0.3, 0.4) is 0 Å². The third kappa shape index (κ3) is 2.31. The molecule has 3 nitrogen and oxygen atoms in total. The number of halogens is 1. The Morgan fingerprint density at radius 1 is 1.53 bits per heavy atom. The van der Waals surface area contributed by atoms with Crippen molar-refractivity contribution in [2.45, 2.75) is 12.5 Å². The van der Waals surface area contributed by atoms with E-state index in [1.807, 2.05) is 18.2 Å². The van der Waals surface area contributed by atoms with Gasteiger partial charge in [-0.15, -0.1) is 0 Å². The number of rotatable bonds is 2. The third-order valence-corrected chi connectivity index (χ3v) is 3.06. The van der Waals surface area contributed by atoms with Crippen LogP contribution in [0, 0.1) is 11.3 Å². The Morgan fingerprint density at radius 2 is 2.40 bits per heavy atom. The number of benzene rings is 1. The highest BCUT2D eigenvalue weighted by molar-refractivity contribution is 9.10. The Labute approximate surface area is 97.2 Å². The summed E-state index contributed by atoms with van der Waals surface area (Å²) >= 11 is 3.34. The van der Waals surface area contributed by atoms with E-state index in [2.05, 4.69) is 27.3 Å². The third-order valence-electron chi connectivity index (χ3n) is 2.40. The Balaban J connectivity index is 2.20. The maximum absolute atomic E-state index is 9.00. The Bertz CT molecular complexity index is 394. The molecule has 0 amide bonds. The highest BCUT2D eigenvalue weighted by Gasteiger charge is 2.18. The number of hydrogen-bond donors (Lipinski definition) is 1. The molecule has 1 fully saturated rings. The molecule has 78 valence electrons. The van der Waals surface area contributed by atoms with Gasteiger partial charge in [-0.05, 0) is 41.0 Å². The number of nitriles is 1. The average Bonchev–Trinajstić information content (AvgIpc) is 2.71. The minimum atomic E-state index is 0.186. The van der Waals surface area contributed by atoms with E-state index in [9.17, 15) is 0 Å². The number of nitrogens with zero attached hydrogens (tertiary/aromatic N) is 1. The van der Waals surface area contributed by atoms with Gasteiger partial charge in [0.15, 0.2) is 0 Å². The highest BCUT2D eigenvalue weighted by atomic mass is 79.9. The number of nitrogens with one attached hydrogen (secondary N) is 1. The van der Waals surface area contributed by atoms with Crippen LogP contribution >= 0.6 is 15.9 Å². The van der Waals surface area contributed by atoms with Gasteiger partial charge in [0, 0.05) is 11.0 Å². The van der Waals surface area contributed by atoms with Crippen LogP contribution in [0.1, 0.15) is 12.0 Å². The van der Waals surface area contributed by atoms with Crippen LogP contribution < -0.4 is 10.1 Å². The summed E-state index contributed by atoms with van der Waals surface area (Å²) in [4.78, 5) is 0. The van der Waals surface area contributed by atoms with Crippen molar-refractivity contribution in [3.63, 3.8) is 0 Å². The van der Waals surface area contributed by atoms with Crippen LogP contribution in [0.5, 0.6) is 5.75 Å². The molecule has 1 atom stereocenters. The lowest BCUT2D eigenvalue weighted by atomic mass is 10.2. The van der Waals surface area contributed by atoms with Crippen molar-refractivity contribution in [1.29, 1.82) is 5.26 Å². The minimum Gasteiger partial charge on any atom is -0.488 e. The smallest absolute Gasteiger partial charge is 0.138 e. The topological polar surface area (TPSA) is 45.0 Å². The van der Waals surface area contributed by atoms with Gasteiger partial charge in [-0.1, -0.05) is 6.07 Å². The zero-order valence-corrected chi connectivity index (χ0v) is 9.75. The molecule has 1 aromatic carbocycles. The monoisotopic (exact) mass is 266 g/mol. The van der Waals surface area contributed by atoms with E-state index in [1.165, 1.54) is 0 Å². The molecule has 1 heterocycles. The van der Waals surface area contributed by atoms with Crippen LogP contribution in [0.25, 0.3) is 0 Å². The van der Waals surface area contributed by atoms with Gasteiger partial charge in [-0.3, -0.25) is 0 Å². The summed E-state index contributed by atoms with van der Waals surface area (Å²) in [5.74, 6) is 0.667. The van der Waals surface area contributed by atoms with Gasteiger partial charge in [0.1, 0.15) is 23.5 Å². The van der Waals surface area contributed by atoms with Crippen LogP contribution in [0.15, 0.2) is 22.7 Å². The molecule has 1 aliphatic rings. The van der Waals surface area contributed by atoms with E-state index in [4.69, 9.17) is 10.00 Å². The lowest BCUT2D eigenvalue weighted by molar-refractivity contribution is 0.222. The van der Waals surface area contributed by atoms with Gasteiger partial charge in [0.2, 0.25) is 0 Å². The molecular weight excluding hydrogens is 256 g/mol. The van der Waals surface area contributed by atoms with Gasteiger partial charge in [-0.25, -0.2) is 0 Å². The second-order valence-corrected chi connectivity index (χ2v) is 4.31. The van der Waals surface area contributed by atoms with Crippen LogP contribution in [0.4, 0.5) is 0 Å². The Kier molecular flexibility index (Phi) is 3.24. The summed E-state index contributed by atoms with van der Waals surface area (Å²) in [5.41, 5.74) is 0.574. The summed E-state index contributed by atoms with van der Waals surface area (Å²) < 4.78 is 6.55. The zero-order chi connectivity index (χ0) is 10.7. The fourth-order valence-corrected chi connectivity index (χ4v) is 2.06. The Morgan fingerprint density at radius 3 is 3.07 bits per heavy atom. The van der Waals surface area contributed by atoms with Gasteiger partial charge in [0.05, 0.1) is 0 Å². The molecular formula is C11H11BrN2O. The lowest BCUT2D eigenvalue weighted by Crippen LogP contribution is -2.20. The largest absolute Gasteiger partial charge is 0.488 e. The van der Waals surface area contributed by atoms with Crippen molar-refractivity contribution in [1.82, 2.24) is 5.32 Å². The normalized spacial score (nSPS) is 19.9. The van der Waals surface area contributed by atoms with E-state index < -0.39 is 0 Å². The number of ether oxygens (including phenoxy) is 1. The van der Waals surface area contributed by atoms with Crippen LogP contribution in [-0.4, -0.2) is 19.2 Å². The molecule has 15 heavy (non-hydrogen) atoms. The molecule has 4 heteroatoms. The van der Waals surface area contributed by atoms with E-state index in [1.54, 1.807) is 0 Å². The van der Waals surface area contributed by atoms with Gasteiger partial charge >= 0.3 is 0 Å². The zero-order valence-electron chi connectivity index (χ0n) is 8.16. The summed E-state index contributed by atoms with van der Waals surface area (Å²) in [6, 6.07) is 7.70. The first-order chi connectivity index (χ1) is 7.31. The predicted octanol–water partition coefficient (Wildman–Crippen LogP) is 2.06. The molecule has 2 rings (SSSR count). The first kappa shape index (κ1) is 10.5. The Hall–Kier alpha value is -1.05. The maximum atomic E-state index is 9.00. The molecule has 0 radical (unpaired) electrons. The fourth-order valence-electron chi connectivity index (χ4n) is 1.62. The van der Waals surface area contributed by atoms with Gasteiger partial charge in [0.25, 0.3) is 0 Å². The minimum absolute atomic E-state index is 0.186. The van der Waals surface area contributed by atoms with Crippen molar-refractivity contribution >= 4 is 15.9 Å². The molecule has 1 saturated heterocycles. The van der Waals surface area contributed by atoms with Crippen LogP contribution in [0.2, 0.25) is 0 Å². The van der Waals surface area contributed by atoms with E-state index in [-0.39, 0.29) is 6.10 Å². The number of hydrogen-bond acceptors (Lipinski definition) is 3. The van der Waals surface area contributed by atoms with Gasteiger partial charge in [-0.2, -0.15) is 5.26 Å². The first-order valence-electron chi connectivity index (χ1n) is 4.87. The summed E-state index contributed by atoms with van der Waals surface area (Å²) in [5, 5.41) is 12.2. The van der Waals surface area contributed by atoms with E-state index in [0.29, 0.717) is 11.3 Å². The second-order valence-electron chi connectivity index (χ2n) is 3.46. The average molecular weight is 267 g/mol. The molecule has 1 unspecified atom stereocenters. The second kappa shape index (κ2) is 4.65. The van der Waals surface area contributed by atoms with Crippen molar-refractivity contribution in [3.05, 3.63) is 28.2 Å². The van der Waals surface area contributed by atoms with Crippen LogP contribution in [-0.2, 0) is 0 Å². The first-order valence-corrected chi connectivity index (χ1v) is 5.66. The molecule has 0 aromatic heterocycles. The highest BCUT2D eigenvalue weighted by Crippen LogP contribution is 2.27. The van der Waals surface area contributed by atoms with Crippen molar-refractivity contribution < 1.29 is 4.74 Å². The van der Waals surface area contributed by atoms with Crippen molar-refractivity contribution in [2.75, 3.05) is 13.1 Å². The molecule has 0 aliphatic carbocycles.